The van der Waals surface area contributed by atoms with Gasteiger partial charge in [-0.15, -0.1) is 0 Å². The first-order valence-corrected chi connectivity index (χ1v) is 15.4. The van der Waals surface area contributed by atoms with Gasteiger partial charge in [-0.1, -0.05) is 32.3 Å². The van der Waals surface area contributed by atoms with Gasteiger partial charge in [0.25, 0.3) is 5.91 Å². The molecule has 2 atom stereocenters. The van der Waals surface area contributed by atoms with Crippen molar-refractivity contribution >= 4 is 29.3 Å². The molecule has 2 aliphatic rings. The topological polar surface area (TPSA) is 129 Å². The van der Waals surface area contributed by atoms with E-state index in [1.165, 1.54) is 18.3 Å². The van der Waals surface area contributed by atoms with Crippen LogP contribution in [-0.4, -0.2) is 88.3 Å². The second-order valence-corrected chi connectivity index (χ2v) is 11.5. The number of anilines is 1. The van der Waals surface area contributed by atoms with Gasteiger partial charge in [0.1, 0.15) is 23.6 Å². The summed E-state index contributed by atoms with van der Waals surface area (Å²) in [6.07, 6.45) is 7.97. The highest BCUT2D eigenvalue weighted by atomic mass is 19.1. The van der Waals surface area contributed by atoms with Crippen molar-refractivity contribution < 1.29 is 23.6 Å². The van der Waals surface area contributed by atoms with Crippen molar-refractivity contribution in [2.75, 3.05) is 38.5 Å². The SMILES string of the molecule is CCC(=O)N[C@H](Cc1ccc(NC(=O)[C@@H](NC(=O)c2cncn2CC)C2CCCCC2)c(F)c1)C(=O)N1CCN(C)CC1. The van der Waals surface area contributed by atoms with Crippen molar-refractivity contribution in [1.82, 2.24) is 30.0 Å². The third kappa shape index (κ3) is 8.40. The summed E-state index contributed by atoms with van der Waals surface area (Å²) >= 11 is 0. The fraction of sp³-hybridized carbons (Fsp3) is 0.581. The number of carbonyl (C=O) groups excluding carboxylic acids is 4. The predicted octanol–water partition coefficient (Wildman–Crippen LogP) is 2.57. The fourth-order valence-electron chi connectivity index (χ4n) is 5.82. The Bertz CT molecular complexity index is 1280. The highest BCUT2D eigenvalue weighted by Crippen LogP contribution is 2.28. The summed E-state index contributed by atoms with van der Waals surface area (Å²) < 4.78 is 17.1. The van der Waals surface area contributed by atoms with Crippen LogP contribution in [-0.2, 0) is 27.3 Å². The molecular formula is C31H44FN7O4. The number of piperazine rings is 1. The molecule has 1 aliphatic heterocycles. The molecule has 2 aromatic rings. The zero-order chi connectivity index (χ0) is 30.9. The van der Waals surface area contributed by atoms with E-state index in [1.54, 1.807) is 28.8 Å². The van der Waals surface area contributed by atoms with Crippen LogP contribution in [0, 0.1) is 11.7 Å². The van der Waals surface area contributed by atoms with Gasteiger partial charge in [0.2, 0.25) is 17.7 Å². The molecule has 0 radical (unpaired) electrons. The molecule has 1 aromatic heterocycles. The number of benzene rings is 1. The van der Waals surface area contributed by atoms with Gasteiger partial charge in [-0.25, -0.2) is 9.37 Å². The number of hydrogen-bond acceptors (Lipinski definition) is 6. The summed E-state index contributed by atoms with van der Waals surface area (Å²) in [4.78, 5) is 60.1. The van der Waals surface area contributed by atoms with E-state index in [2.05, 4.69) is 25.8 Å². The van der Waals surface area contributed by atoms with Gasteiger partial charge < -0.3 is 30.3 Å². The summed E-state index contributed by atoms with van der Waals surface area (Å²) in [5.74, 6) is -2.05. The molecule has 4 rings (SSSR count). The van der Waals surface area contributed by atoms with Crippen molar-refractivity contribution in [2.45, 2.75) is 77.4 Å². The first-order valence-electron chi connectivity index (χ1n) is 15.4. The average molecular weight is 598 g/mol. The highest BCUT2D eigenvalue weighted by molar-refractivity contribution is 6.00. The van der Waals surface area contributed by atoms with E-state index in [-0.39, 0.29) is 36.3 Å². The number of nitrogens with one attached hydrogen (secondary N) is 3. The Morgan fingerprint density at radius 3 is 2.40 bits per heavy atom. The van der Waals surface area contributed by atoms with Crippen molar-refractivity contribution in [2.24, 2.45) is 5.92 Å². The van der Waals surface area contributed by atoms with Crippen molar-refractivity contribution in [3.05, 3.63) is 47.8 Å². The van der Waals surface area contributed by atoms with E-state index in [0.717, 1.165) is 45.2 Å². The standard InChI is InChI=1S/C31H44FN7O4/c1-4-27(40)34-25(31(43)39-15-13-37(3)14-16-39)18-21-11-12-24(23(32)17-21)35-30(42)28(22-9-7-6-8-10-22)36-29(41)26-19-33-20-38(26)5-2/h11-12,17,19-20,22,25,28H,4-10,13-16,18H2,1-3H3,(H,34,40)(H,35,42)(H,36,41)/t25-,28+/m1/s1. The van der Waals surface area contributed by atoms with E-state index in [4.69, 9.17) is 0 Å². The molecule has 1 aromatic carbocycles. The monoisotopic (exact) mass is 597 g/mol. The van der Waals surface area contributed by atoms with Crippen LogP contribution in [0.15, 0.2) is 30.7 Å². The molecule has 2 heterocycles. The van der Waals surface area contributed by atoms with Crippen molar-refractivity contribution in [3.63, 3.8) is 0 Å². The van der Waals surface area contributed by atoms with Crippen molar-refractivity contribution in [3.8, 4) is 0 Å². The number of imidazole rings is 1. The lowest BCUT2D eigenvalue weighted by molar-refractivity contribution is -0.137. The maximum absolute atomic E-state index is 15.4. The Kier molecular flexibility index (Phi) is 11.3. The van der Waals surface area contributed by atoms with Crippen molar-refractivity contribution in [1.29, 1.82) is 0 Å². The molecule has 0 bridgehead atoms. The number of amides is 4. The lowest BCUT2D eigenvalue weighted by atomic mass is 9.83. The predicted molar refractivity (Wildman–Crippen MR) is 161 cm³/mol. The Morgan fingerprint density at radius 2 is 1.74 bits per heavy atom. The Balaban J connectivity index is 1.47. The van der Waals surface area contributed by atoms with E-state index in [1.807, 2.05) is 14.0 Å². The molecule has 11 nitrogen and oxygen atoms in total. The molecule has 3 N–H and O–H groups in total. The number of rotatable bonds is 11. The third-order valence-electron chi connectivity index (χ3n) is 8.48. The molecule has 1 saturated heterocycles. The normalized spacial score (nSPS) is 17.6. The molecule has 12 heteroatoms. The minimum Gasteiger partial charge on any atom is -0.344 e. The van der Waals surface area contributed by atoms with E-state index >= 15 is 4.39 Å². The molecule has 4 amide bonds. The Morgan fingerprint density at radius 1 is 1.02 bits per heavy atom. The minimum atomic E-state index is -0.832. The minimum absolute atomic E-state index is 0.0121. The Labute approximate surface area is 252 Å². The van der Waals surface area contributed by atoms with Gasteiger partial charge in [-0.3, -0.25) is 19.2 Å². The molecule has 1 saturated carbocycles. The fourth-order valence-corrected chi connectivity index (χ4v) is 5.82. The number of aromatic nitrogens is 2. The van der Waals surface area contributed by atoms with E-state index < -0.39 is 29.7 Å². The van der Waals surface area contributed by atoms with Gasteiger partial charge in [-0.05, 0) is 50.4 Å². The number of carbonyl (C=O) groups is 4. The summed E-state index contributed by atoms with van der Waals surface area (Å²) in [6.45, 7) is 6.79. The second-order valence-electron chi connectivity index (χ2n) is 11.5. The molecule has 1 aliphatic carbocycles. The second kappa shape index (κ2) is 15.1. The largest absolute Gasteiger partial charge is 0.344 e. The van der Waals surface area contributed by atoms with Crippen LogP contribution in [0.25, 0.3) is 0 Å². The summed E-state index contributed by atoms with van der Waals surface area (Å²) in [7, 11) is 1.99. The van der Waals surface area contributed by atoms with Crippen LogP contribution in [0.3, 0.4) is 0 Å². The quantitative estimate of drug-likeness (QED) is 0.365. The smallest absolute Gasteiger partial charge is 0.270 e. The van der Waals surface area contributed by atoms with E-state index in [0.29, 0.717) is 30.9 Å². The van der Waals surface area contributed by atoms with Crippen LogP contribution < -0.4 is 16.0 Å². The number of likely N-dealkylation sites (N-methyl/N-ethyl adjacent to an activating group) is 1. The third-order valence-corrected chi connectivity index (χ3v) is 8.48. The maximum Gasteiger partial charge on any atom is 0.270 e. The maximum atomic E-state index is 15.4. The van der Waals surface area contributed by atoms with Crippen LogP contribution in [0.4, 0.5) is 10.1 Å². The summed E-state index contributed by atoms with van der Waals surface area (Å²) in [5, 5.41) is 8.37. The Hall–Kier alpha value is -3.80. The lowest BCUT2D eigenvalue weighted by Gasteiger charge is -2.34. The number of aryl methyl sites for hydroxylation is 1. The first kappa shape index (κ1) is 32.1. The van der Waals surface area contributed by atoms with Crippen LogP contribution in [0.2, 0.25) is 0 Å². The summed E-state index contributed by atoms with van der Waals surface area (Å²) in [5.41, 5.74) is 0.869. The summed E-state index contributed by atoms with van der Waals surface area (Å²) in [6, 6.07) is 2.74. The first-order chi connectivity index (χ1) is 20.7. The highest BCUT2D eigenvalue weighted by Gasteiger charge is 2.33. The zero-order valence-electron chi connectivity index (χ0n) is 25.4. The van der Waals surface area contributed by atoms with Gasteiger partial charge >= 0.3 is 0 Å². The molecular weight excluding hydrogens is 553 g/mol. The van der Waals surface area contributed by atoms with Crippen LogP contribution in [0.1, 0.15) is 68.4 Å². The molecule has 43 heavy (non-hydrogen) atoms. The van der Waals surface area contributed by atoms with Gasteiger partial charge in [-0.2, -0.15) is 0 Å². The molecule has 234 valence electrons. The molecule has 0 spiro atoms. The van der Waals surface area contributed by atoms with Gasteiger partial charge in [0, 0.05) is 45.6 Å². The molecule has 0 unspecified atom stereocenters. The van der Waals surface area contributed by atoms with E-state index in [9.17, 15) is 19.2 Å². The zero-order valence-corrected chi connectivity index (χ0v) is 25.4. The van der Waals surface area contributed by atoms with Crippen LogP contribution >= 0.6 is 0 Å². The average Bonchev–Trinajstić information content (AvgIpc) is 3.50. The lowest BCUT2D eigenvalue weighted by Crippen LogP contribution is -2.54. The number of nitrogens with zero attached hydrogens (tertiary/aromatic N) is 4. The number of halogens is 1. The van der Waals surface area contributed by atoms with Crippen LogP contribution in [0.5, 0.6) is 0 Å². The van der Waals surface area contributed by atoms with Gasteiger partial charge in [0.15, 0.2) is 0 Å². The molecule has 2 fully saturated rings. The van der Waals surface area contributed by atoms with Gasteiger partial charge in [0.05, 0.1) is 18.2 Å². The number of hydrogen-bond donors (Lipinski definition) is 3.